The van der Waals surface area contributed by atoms with Gasteiger partial charge in [-0.05, 0) is 44.2 Å². The fourth-order valence-electron chi connectivity index (χ4n) is 4.66. The fourth-order valence-corrected chi connectivity index (χ4v) is 5.60. The van der Waals surface area contributed by atoms with E-state index in [0.29, 0.717) is 11.2 Å². The number of hydrogen-bond donors (Lipinski definition) is 2. The van der Waals surface area contributed by atoms with Crippen molar-refractivity contribution in [2.75, 3.05) is 18.0 Å². The Bertz CT molecular complexity index is 902. The smallest absolute Gasteiger partial charge is 0.249 e. The number of aromatic nitrogens is 3. The third kappa shape index (κ3) is 2.87. The van der Waals surface area contributed by atoms with Gasteiger partial charge in [0.05, 0.1) is 0 Å². The van der Waals surface area contributed by atoms with Crippen LogP contribution in [0.25, 0.3) is 5.52 Å². The number of aryl methyl sites for hydroxylation is 1. The maximum Gasteiger partial charge on any atom is 0.249 e. The molecule has 1 saturated heterocycles. The van der Waals surface area contributed by atoms with E-state index in [-0.39, 0.29) is 11.5 Å². The van der Waals surface area contributed by atoms with Gasteiger partial charge in [-0.3, -0.25) is 4.55 Å². The Morgan fingerprint density at radius 1 is 1.41 bits per heavy atom. The van der Waals surface area contributed by atoms with Crippen LogP contribution in [-0.4, -0.2) is 52.9 Å². The predicted octanol–water partition coefficient (Wildman–Crippen LogP) is 2.16. The van der Waals surface area contributed by atoms with Crippen LogP contribution >= 0.6 is 11.6 Å². The first-order valence-corrected chi connectivity index (χ1v) is 10.8. The van der Waals surface area contributed by atoms with Crippen LogP contribution in [0, 0.1) is 12.3 Å². The highest BCUT2D eigenvalue weighted by Crippen LogP contribution is 2.51. The Balaban J connectivity index is 1.26. The third-order valence-corrected chi connectivity index (χ3v) is 7.30. The molecule has 0 bridgehead atoms. The van der Waals surface area contributed by atoms with E-state index in [4.69, 9.17) is 11.6 Å². The molecule has 2 aromatic rings. The summed E-state index contributed by atoms with van der Waals surface area (Å²) in [5, 5.41) is 4.83. The van der Waals surface area contributed by atoms with E-state index in [1.54, 1.807) is 15.3 Å². The third-order valence-electron chi connectivity index (χ3n) is 6.29. The van der Waals surface area contributed by atoms with Gasteiger partial charge in [-0.2, -0.15) is 5.10 Å². The summed E-state index contributed by atoms with van der Waals surface area (Å²) < 4.78 is 24.7. The molecule has 2 aliphatic carbocycles. The van der Waals surface area contributed by atoms with Crippen molar-refractivity contribution in [2.24, 2.45) is 5.41 Å². The number of nitrogens with one attached hydrogen (secondary N) is 1. The Morgan fingerprint density at radius 2 is 2.15 bits per heavy atom. The zero-order valence-corrected chi connectivity index (χ0v) is 16.7. The molecule has 5 rings (SSSR count). The first kappa shape index (κ1) is 17.8. The van der Waals surface area contributed by atoms with Crippen LogP contribution in [0.4, 0.5) is 5.82 Å². The second-order valence-corrected chi connectivity index (χ2v) is 9.47. The van der Waals surface area contributed by atoms with Gasteiger partial charge in [0.1, 0.15) is 17.0 Å². The zero-order valence-electron chi connectivity index (χ0n) is 15.1. The Hall–Kier alpha value is -1.26. The van der Waals surface area contributed by atoms with Crippen molar-refractivity contribution in [3.8, 4) is 0 Å². The molecule has 3 fully saturated rings. The molecule has 1 aliphatic heterocycles. The van der Waals surface area contributed by atoms with Crippen molar-refractivity contribution < 1.29 is 8.76 Å². The molecule has 1 unspecified atom stereocenters. The topological polar surface area (TPSA) is 86.0 Å². The van der Waals surface area contributed by atoms with Crippen LogP contribution in [0.3, 0.4) is 0 Å². The molecular formula is C17H23ClN6O2S. The Labute approximate surface area is 165 Å². The number of anilines is 1. The summed E-state index contributed by atoms with van der Waals surface area (Å²) in [6.45, 7) is 3.84. The van der Waals surface area contributed by atoms with Gasteiger partial charge < -0.3 is 4.90 Å². The highest BCUT2D eigenvalue weighted by molar-refractivity contribution is 7.76. The zero-order chi connectivity index (χ0) is 18.8. The molecular weight excluding hydrogens is 388 g/mol. The maximum absolute atomic E-state index is 11.7. The number of hydrazine groups is 1. The minimum Gasteiger partial charge on any atom is -0.354 e. The van der Waals surface area contributed by atoms with Crippen molar-refractivity contribution in [3.63, 3.8) is 0 Å². The number of rotatable bonds is 5. The van der Waals surface area contributed by atoms with E-state index in [2.05, 4.69) is 20.4 Å². The lowest BCUT2D eigenvalue weighted by Gasteiger charge is -2.60. The molecule has 27 heavy (non-hydrogen) atoms. The summed E-state index contributed by atoms with van der Waals surface area (Å²) in [6, 6.07) is 2.38. The lowest BCUT2D eigenvalue weighted by molar-refractivity contribution is -0.0125. The van der Waals surface area contributed by atoms with E-state index in [0.717, 1.165) is 55.7 Å². The van der Waals surface area contributed by atoms with Crippen molar-refractivity contribution in [1.82, 2.24) is 24.4 Å². The van der Waals surface area contributed by atoms with Crippen molar-refractivity contribution >= 4 is 34.2 Å². The van der Waals surface area contributed by atoms with Gasteiger partial charge in [0.15, 0.2) is 5.82 Å². The summed E-state index contributed by atoms with van der Waals surface area (Å²) in [5.41, 5.74) is 5.49. The molecule has 1 atom stereocenters. The van der Waals surface area contributed by atoms with Crippen LogP contribution in [0.2, 0.25) is 5.15 Å². The summed E-state index contributed by atoms with van der Waals surface area (Å²) in [5.74, 6) is 0.915. The normalized spacial score (nSPS) is 23.5. The Morgan fingerprint density at radius 3 is 2.78 bits per heavy atom. The minimum absolute atomic E-state index is 0.119. The molecule has 0 amide bonds. The predicted molar refractivity (Wildman–Crippen MR) is 104 cm³/mol. The van der Waals surface area contributed by atoms with Crippen LogP contribution in [0.15, 0.2) is 12.4 Å². The highest BCUT2D eigenvalue weighted by Gasteiger charge is 2.55. The quantitative estimate of drug-likeness (QED) is 0.580. The maximum atomic E-state index is 11.7. The number of halogens is 1. The van der Waals surface area contributed by atoms with Gasteiger partial charge in [0, 0.05) is 30.6 Å². The molecule has 0 radical (unpaired) electrons. The van der Waals surface area contributed by atoms with E-state index in [9.17, 15) is 8.76 Å². The molecule has 3 heterocycles. The molecule has 0 aromatic carbocycles. The standard InChI is InChI=1S/C17H23ClN6O2S/c1-11-5-14(18)23-15(11)16(19-10-20-23)22-8-17(9-22)6-13(7-17)24(27(25)26)21-12-3-2-4-12/h5,10,12-13,21H,2-4,6-9H2,1H3,(H,25,26). The monoisotopic (exact) mass is 410 g/mol. The van der Waals surface area contributed by atoms with E-state index in [1.165, 1.54) is 6.42 Å². The van der Waals surface area contributed by atoms with E-state index < -0.39 is 11.3 Å². The molecule has 1 spiro atoms. The second-order valence-electron chi connectivity index (χ2n) is 8.23. The van der Waals surface area contributed by atoms with Crippen molar-refractivity contribution in [3.05, 3.63) is 23.1 Å². The van der Waals surface area contributed by atoms with Crippen LogP contribution in [-0.2, 0) is 11.3 Å². The van der Waals surface area contributed by atoms with Gasteiger partial charge >= 0.3 is 0 Å². The average Bonchev–Trinajstić information content (AvgIpc) is 2.80. The molecule has 10 heteroatoms. The number of nitrogens with zero attached hydrogens (tertiary/aromatic N) is 5. The Kier molecular flexibility index (Phi) is 4.21. The van der Waals surface area contributed by atoms with Crippen LogP contribution < -0.4 is 10.3 Å². The molecule has 8 nitrogen and oxygen atoms in total. The summed E-state index contributed by atoms with van der Waals surface area (Å²) >= 11 is 4.27. The lowest BCUT2D eigenvalue weighted by atomic mass is 9.61. The molecule has 3 aliphatic rings. The first-order chi connectivity index (χ1) is 13.0. The van der Waals surface area contributed by atoms with Crippen molar-refractivity contribution in [2.45, 2.75) is 51.1 Å². The van der Waals surface area contributed by atoms with E-state index in [1.807, 2.05) is 13.0 Å². The van der Waals surface area contributed by atoms with Crippen molar-refractivity contribution in [1.29, 1.82) is 0 Å². The number of hydrogen-bond acceptors (Lipinski definition) is 5. The van der Waals surface area contributed by atoms with Crippen LogP contribution in [0.5, 0.6) is 0 Å². The van der Waals surface area contributed by atoms with Gasteiger partial charge in [-0.1, -0.05) is 18.0 Å². The molecule has 2 saturated carbocycles. The molecule has 2 aromatic heterocycles. The fraction of sp³-hybridized carbons (Fsp3) is 0.647. The average molecular weight is 411 g/mol. The van der Waals surface area contributed by atoms with Crippen LogP contribution in [0.1, 0.15) is 37.7 Å². The van der Waals surface area contributed by atoms with Gasteiger partial charge in [0.2, 0.25) is 11.3 Å². The van der Waals surface area contributed by atoms with E-state index >= 15 is 0 Å². The highest BCUT2D eigenvalue weighted by atomic mass is 35.5. The largest absolute Gasteiger partial charge is 0.354 e. The second kappa shape index (κ2) is 6.38. The summed E-state index contributed by atoms with van der Waals surface area (Å²) in [4.78, 5) is 6.75. The number of fused-ring (bicyclic) bond motifs is 1. The summed E-state index contributed by atoms with van der Waals surface area (Å²) in [6.07, 6.45) is 6.77. The first-order valence-electron chi connectivity index (χ1n) is 9.36. The summed E-state index contributed by atoms with van der Waals surface area (Å²) in [7, 11) is 0. The van der Waals surface area contributed by atoms with Gasteiger partial charge in [-0.25, -0.2) is 19.1 Å². The molecule has 146 valence electrons. The van der Waals surface area contributed by atoms with Gasteiger partial charge in [-0.15, -0.1) is 4.41 Å². The minimum atomic E-state index is -1.98. The lowest BCUT2D eigenvalue weighted by Crippen LogP contribution is -2.69. The SMILES string of the molecule is Cc1cc(Cl)n2ncnc(N3CC4(CC(N(NC5CCC5)S(=O)O)C4)C3)c12. The molecule has 2 N–H and O–H groups in total. The van der Waals surface area contributed by atoms with Gasteiger partial charge in [0.25, 0.3) is 0 Å².